The highest BCUT2D eigenvalue weighted by Gasteiger charge is 2.06. The summed E-state index contributed by atoms with van der Waals surface area (Å²) in [7, 11) is -0.719. The van der Waals surface area contributed by atoms with Crippen LogP contribution in [-0.2, 0) is 10.8 Å². The van der Waals surface area contributed by atoms with Crippen LogP contribution in [0.1, 0.15) is 18.5 Å². The molecular weight excluding hydrogens is 238 g/mol. The summed E-state index contributed by atoms with van der Waals surface area (Å²) >= 11 is 7.37. The van der Waals surface area contributed by atoms with Crippen LogP contribution in [0, 0.1) is 0 Å². The fourth-order valence-corrected chi connectivity index (χ4v) is 2.48. The minimum atomic E-state index is -0.719. The zero-order chi connectivity index (χ0) is 10.6. The second kappa shape index (κ2) is 5.85. The van der Waals surface area contributed by atoms with Gasteiger partial charge in [-0.3, -0.25) is 4.21 Å². The van der Waals surface area contributed by atoms with E-state index in [9.17, 15) is 4.21 Å². The fourth-order valence-electron chi connectivity index (χ4n) is 1.09. The summed E-state index contributed by atoms with van der Waals surface area (Å²) in [5.41, 5.74) is 1.20. The first-order valence-corrected chi connectivity index (χ1v) is 7.35. The van der Waals surface area contributed by atoms with E-state index >= 15 is 0 Å². The second-order valence-corrected chi connectivity index (χ2v) is 6.23. The standard InChI is InChI=1S/C9H14ClNOS2/c1-7(11-3-4-14(2)12)8-5-9(10)13-6-8/h5-7,11H,3-4H2,1-2H3. The van der Waals surface area contributed by atoms with Gasteiger partial charge < -0.3 is 5.32 Å². The zero-order valence-electron chi connectivity index (χ0n) is 8.25. The normalized spacial score (nSPS) is 15.4. The predicted octanol–water partition coefficient (Wildman–Crippen LogP) is 2.43. The van der Waals surface area contributed by atoms with Crippen LogP contribution in [0.15, 0.2) is 11.4 Å². The number of rotatable bonds is 5. The van der Waals surface area contributed by atoms with E-state index < -0.39 is 10.8 Å². The van der Waals surface area contributed by atoms with Crippen molar-refractivity contribution in [3.63, 3.8) is 0 Å². The molecule has 14 heavy (non-hydrogen) atoms. The maximum Gasteiger partial charge on any atom is 0.0931 e. The van der Waals surface area contributed by atoms with E-state index in [0.29, 0.717) is 5.75 Å². The largest absolute Gasteiger partial charge is 0.309 e. The Hall–Kier alpha value is 0.1000. The summed E-state index contributed by atoms with van der Waals surface area (Å²) in [5, 5.41) is 5.34. The Morgan fingerprint density at radius 1 is 1.71 bits per heavy atom. The van der Waals surface area contributed by atoms with Gasteiger partial charge in [-0.1, -0.05) is 11.6 Å². The van der Waals surface area contributed by atoms with Crippen LogP contribution in [0.25, 0.3) is 0 Å². The van der Waals surface area contributed by atoms with Crippen molar-refractivity contribution in [2.75, 3.05) is 18.6 Å². The number of thiophene rings is 1. The first-order chi connectivity index (χ1) is 6.59. The summed E-state index contributed by atoms with van der Waals surface area (Å²) < 4.78 is 11.6. The van der Waals surface area contributed by atoms with Crippen molar-refractivity contribution in [3.05, 3.63) is 21.3 Å². The minimum Gasteiger partial charge on any atom is -0.309 e. The third-order valence-corrected chi connectivity index (χ3v) is 3.82. The van der Waals surface area contributed by atoms with Crippen LogP contribution >= 0.6 is 22.9 Å². The van der Waals surface area contributed by atoms with Gasteiger partial charge >= 0.3 is 0 Å². The lowest BCUT2D eigenvalue weighted by atomic mass is 10.2. The second-order valence-electron chi connectivity index (χ2n) is 3.14. The molecule has 0 amide bonds. The molecule has 0 aromatic carbocycles. The summed E-state index contributed by atoms with van der Waals surface area (Å²) in [4.78, 5) is 0. The van der Waals surface area contributed by atoms with E-state index in [0.717, 1.165) is 10.9 Å². The number of nitrogens with one attached hydrogen (secondary N) is 1. The zero-order valence-corrected chi connectivity index (χ0v) is 10.6. The Bertz CT molecular complexity index is 314. The molecular formula is C9H14ClNOS2. The van der Waals surface area contributed by atoms with Crippen LogP contribution < -0.4 is 5.32 Å². The Morgan fingerprint density at radius 3 is 2.93 bits per heavy atom. The van der Waals surface area contributed by atoms with Crippen molar-refractivity contribution in [1.29, 1.82) is 0 Å². The molecule has 0 aliphatic rings. The van der Waals surface area contributed by atoms with E-state index in [2.05, 4.69) is 12.2 Å². The van der Waals surface area contributed by atoms with Gasteiger partial charge in [-0.25, -0.2) is 0 Å². The Kier molecular flexibility index (Phi) is 5.09. The van der Waals surface area contributed by atoms with E-state index in [4.69, 9.17) is 11.6 Å². The van der Waals surface area contributed by atoms with Crippen LogP contribution in [0.3, 0.4) is 0 Å². The molecule has 1 heterocycles. The first kappa shape index (κ1) is 12.2. The van der Waals surface area contributed by atoms with Crippen LogP contribution in [0.5, 0.6) is 0 Å². The van der Waals surface area contributed by atoms with E-state index in [1.165, 1.54) is 16.9 Å². The summed E-state index contributed by atoms with van der Waals surface area (Å²) in [5.74, 6) is 0.697. The average Bonchev–Trinajstić information content (AvgIpc) is 2.51. The molecule has 0 radical (unpaired) electrons. The van der Waals surface area contributed by atoms with Gasteiger partial charge in [0.1, 0.15) is 0 Å². The summed E-state index contributed by atoms with van der Waals surface area (Å²) in [6, 6.07) is 2.24. The lowest BCUT2D eigenvalue weighted by Gasteiger charge is -2.11. The molecule has 0 fully saturated rings. The molecule has 1 N–H and O–H groups in total. The third-order valence-electron chi connectivity index (χ3n) is 1.93. The molecule has 0 saturated carbocycles. The molecule has 1 rings (SSSR count). The van der Waals surface area contributed by atoms with Gasteiger partial charge in [0.2, 0.25) is 0 Å². The molecule has 0 aliphatic carbocycles. The molecule has 0 spiro atoms. The van der Waals surface area contributed by atoms with Gasteiger partial charge in [0.05, 0.1) is 4.34 Å². The highest BCUT2D eigenvalue weighted by Crippen LogP contribution is 2.24. The highest BCUT2D eigenvalue weighted by atomic mass is 35.5. The Balaban J connectivity index is 2.35. The van der Waals surface area contributed by atoms with Crippen LogP contribution in [-0.4, -0.2) is 22.8 Å². The number of halogens is 1. The summed E-state index contributed by atoms with van der Waals surface area (Å²) in [6.45, 7) is 2.86. The predicted molar refractivity (Wildman–Crippen MR) is 64.7 cm³/mol. The van der Waals surface area contributed by atoms with Crippen molar-refractivity contribution in [1.82, 2.24) is 5.32 Å². The monoisotopic (exact) mass is 251 g/mol. The maximum atomic E-state index is 10.8. The van der Waals surface area contributed by atoms with E-state index in [1.807, 2.05) is 11.4 Å². The van der Waals surface area contributed by atoms with Gasteiger partial charge in [-0.2, -0.15) is 0 Å². The summed E-state index contributed by atoms with van der Waals surface area (Å²) in [6.07, 6.45) is 1.72. The molecule has 1 aromatic heterocycles. The van der Waals surface area contributed by atoms with E-state index in [-0.39, 0.29) is 6.04 Å². The van der Waals surface area contributed by atoms with Crippen molar-refractivity contribution < 1.29 is 4.21 Å². The van der Waals surface area contributed by atoms with Gasteiger partial charge in [0.25, 0.3) is 0 Å². The SMILES string of the molecule is CC(NCCS(C)=O)c1csc(Cl)c1. The lowest BCUT2D eigenvalue weighted by Crippen LogP contribution is -2.23. The van der Waals surface area contributed by atoms with E-state index in [1.54, 1.807) is 6.26 Å². The molecule has 1 aromatic rings. The van der Waals surface area contributed by atoms with Gasteiger partial charge in [0.15, 0.2) is 0 Å². The van der Waals surface area contributed by atoms with Gasteiger partial charge in [0, 0.05) is 35.4 Å². The molecule has 2 nitrogen and oxygen atoms in total. The number of hydrogen-bond acceptors (Lipinski definition) is 3. The molecule has 0 bridgehead atoms. The van der Waals surface area contributed by atoms with Crippen molar-refractivity contribution >= 4 is 33.7 Å². The van der Waals surface area contributed by atoms with Gasteiger partial charge in [-0.15, -0.1) is 11.3 Å². The molecule has 0 saturated heterocycles. The lowest BCUT2D eigenvalue weighted by molar-refractivity contribution is 0.599. The molecule has 5 heteroatoms. The van der Waals surface area contributed by atoms with Crippen LogP contribution in [0.4, 0.5) is 0 Å². The first-order valence-electron chi connectivity index (χ1n) is 4.37. The maximum absolute atomic E-state index is 10.8. The molecule has 80 valence electrons. The van der Waals surface area contributed by atoms with Crippen molar-refractivity contribution in [2.45, 2.75) is 13.0 Å². The van der Waals surface area contributed by atoms with Gasteiger partial charge in [-0.05, 0) is 23.9 Å². The molecule has 2 unspecified atom stereocenters. The quantitative estimate of drug-likeness (QED) is 0.871. The van der Waals surface area contributed by atoms with Crippen LogP contribution in [0.2, 0.25) is 4.34 Å². The van der Waals surface area contributed by atoms with Crippen molar-refractivity contribution in [3.8, 4) is 0 Å². The number of hydrogen-bond donors (Lipinski definition) is 1. The average molecular weight is 252 g/mol. The van der Waals surface area contributed by atoms with Crippen molar-refractivity contribution in [2.24, 2.45) is 0 Å². The smallest absolute Gasteiger partial charge is 0.0931 e. The topological polar surface area (TPSA) is 29.1 Å². The molecule has 2 atom stereocenters. The molecule has 0 aliphatic heterocycles. The fraction of sp³-hybridized carbons (Fsp3) is 0.556. The highest BCUT2D eigenvalue weighted by molar-refractivity contribution is 7.84. The minimum absolute atomic E-state index is 0.280. The Labute approximate surface area is 96.1 Å². The Morgan fingerprint density at radius 2 is 2.43 bits per heavy atom. The third kappa shape index (κ3) is 4.09.